The lowest BCUT2D eigenvalue weighted by atomic mass is 9.85. The number of thioether (sulfide) groups is 1. The summed E-state index contributed by atoms with van der Waals surface area (Å²) < 4.78 is 0. The SMILES string of the molecule is CCSCCC(C)NC(=O)C(C)(CC)C(N)=NO. The van der Waals surface area contributed by atoms with Gasteiger partial charge < -0.3 is 16.3 Å². The first-order valence-electron chi connectivity index (χ1n) is 6.29. The van der Waals surface area contributed by atoms with Crippen LogP contribution in [-0.2, 0) is 4.79 Å². The van der Waals surface area contributed by atoms with Gasteiger partial charge in [-0.15, -0.1) is 0 Å². The van der Waals surface area contributed by atoms with E-state index in [1.807, 2.05) is 25.6 Å². The molecule has 0 aromatic heterocycles. The van der Waals surface area contributed by atoms with E-state index < -0.39 is 5.41 Å². The molecule has 0 heterocycles. The van der Waals surface area contributed by atoms with Gasteiger partial charge in [0.2, 0.25) is 5.91 Å². The summed E-state index contributed by atoms with van der Waals surface area (Å²) in [7, 11) is 0. The number of carbonyl (C=O) groups excluding carboxylic acids is 1. The second-order valence-electron chi connectivity index (χ2n) is 4.53. The molecule has 18 heavy (non-hydrogen) atoms. The molecule has 1 amide bonds. The fourth-order valence-corrected chi connectivity index (χ4v) is 2.24. The molecule has 0 bridgehead atoms. The van der Waals surface area contributed by atoms with Crippen molar-refractivity contribution in [3.8, 4) is 0 Å². The molecule has 0 fully saturated rings. The highest BCUT2D eigenvalue weighted by Crippen LogP contribution is 2.22. The smallest absolute Gasteiger partial charge is 0.233 e. The molecular weight excluding hydrogens is 250 g/mol. The number of amides is 1. The monoisotopic (exact) mass is 275 g/mol. The number of nitrogens with one attached hydrogen (secondary N) is 1. The van der Waals surface area contributed by atoms with E-state index in [2.05, 4.69) is 17.4 Å². The van der Waals surface area contributed by atoms with Crippen molar-refractivity contribution >= 4 is 23.5 Å². The van der Waals surface area contributed by atoms with E-state index in [9.17, 15) is 4.79 Å². The van der Waals surface area contributed by atoms with Gasteiger partial charge in [-0.3, -0.25) is 4.79 Å². The van der Waals surface area contributed by atoms with Gasteiger partial charge in [-0.25, -0.2) is 0 Å². The number of nitrogens with zero attached hydrogens (tertiary/aromatic N) is 1. The number of oxime groups is 1. The molecule has 0 saturated heterocycles. The molecule has 0 aliphatic carbocycles. The Kier molecular flexibility index (Phi) is 7.82. The van der Waals surface area contributed by atoms with Gasteiger partial charge in [0.1, 0.15) is 5.41 Å². The third-order valence-electron chi connectivity index (χ3n) is 3.16. The lowest BCUT2D eigenvalue weighted by Crippen LogP contribution is -2.50. The Morgan fingerprint density at radius 2 is 2.17 bits per heavy atom. The molecule has 0 aromatic carbocycles. The van der Waals surface area contributed by atoms with Crippen molar-refractivity contribution in [3.05, 3.63) is 0 Å². The quantitative estimate of drug-likeness (QED) is 0.207. The van der Waals surface area contributed by atoms with E-state index in [0.717, 1.165) is 17.9 Å². The van der Waals surface area contributed by atoms with Crippen LogP contribution in [-0.4, -0.2) is 34.5 Å². The van der Waals surface area contributed by atoms with Crippen LogP contribution in [0.4, 0.5) is 0 Å². The van der Waals surface area contributed by atoms with Crippen LogP contribution in [0.1, 0.15) is 40.5 Å². The van der Waals surface area contributed by atoms with Crippen molar-refractivity contribution in [1.82, 2.24) is 5.32 Å². The Balaban J connectivity index is 4.45. The molecule has 5 nitrogen and oxygen atoms in total. The van der Waals surface area contributed by atoms with Crippen molar-refractivity contribution < 1.29 is 10.0 Å². The van der Waals surface area contributed by atoms with E-state index in [4.69, 9.17) is 10.9 Å². The van der Waals surface area contributed by atoms with Gasteiger partial charge in [0.25, 0.3) is 0 Å². The van der Waals surface area contributed by atoms with E-state index in [-0.39, 0.29) is 17.8 Å². The van der Waals surface area contributed by atoms with Gasteiger partial charge in [-0.1, -0.05) is 19.0 Å². The maximum atomic E-state index is 12.1. The minimum Gasteiger partial charge on any atom is -0.409 e. The molecule has 106 valence electrons. The van der Waals surface area contributed by atoms with Gasteiger partial charge >= 0.3 is 0 Å². The zero-order chi connectivity index (χ0) is 14.2. The maximum absolute atomic E-state index is 12.1. The summed E-state index contributed by atoms with van der Waals surface area (Å²) in [6.07, 6.45) is 1.41. The third-order valence-corrected chi connectivity index (χ3v) is 4.09. The first kappa shape index (κ1) is 17.1. The molecule has 0 aromatic rings. The number of nitrogens with two attached hydrogens (primary N) is 1. The Bertz CT molecular complexity index is 297. The molecule has 4 N–H and O–H groups in total. The molecule has 0 aliphatic heterocycles. The average molecular weight is 275 g/mol. The largest absolute Gasteiger partial charge is 0.409 e. The van der Waals surface area contributed by atoms with Gasteiger partial charge in [0.05, 0.1) is 0 Å². The Hall–Kier alpha value is -0.910. The van der Waals surface area contributed by atoms with Crippen molar-refractivity contribution in [2.24, 2.45) is 16.3 Å². The summed E-state index contributed by atoms with van der Waals surface area (Å²) in [5.74, 6) is 1.87. The lowest BCUT2D eigenvalue weighted by Gasteiger charge is -2.27. The first-order chi connectivity index (χ1) is 8.42. The molecule has 2 unspecified atom stereocenters. The Morgan fingerprint density at radius 3 is 2.61 bits per heavy atom. The van der Waals surface area contributed by atoms with E-state index in [1.165, 1.54) is 0 Å². The highest BCUT2D eigenvalue weighted by atomic mass is 32.2. The van der Waals surface area contributed by atoms with Crippen LogP contribution >= 0.6 is 11.8 Å². The summed E-state index contributed by atoms with van der Waals surface area (Å²) >= 11 is 1.85. The van der Waals surface area contributed by atoms with Gasteiger partial charge in [0.15, 0.2) is 5.84 Å². The number of amidine groups is 1. The standard InChI is InChI=1S/C12H25N3O2S/c1-5-12(4,10(13)15-17)11(16)14-9(3)7-8-18-6-2/h9,17H,5-8H2,1-4H3,(H2,13,15)(H,14,16). The normalized spacial score (nSPS) is 17.0. The molecule has 0 radical (unpaired) electrons. The number of rotatable bonds is 8. The van der Waals surface area contributed by atoms with Crippen molar-refractivity contribution in [2.75, 3.05) is 11.5 Å². The second-order valence-corrected chi connectivity index (χ2v) is 5.92. The number of hydrogen-bond acceptors (Lipinski definition) is 4. The van der Waals surface area contributed by atoms with Crippen molar-refractivity contribution in [2.45, 2.75) is 46.6 Å². The average Bonchev–Trinajstić information content (AvgIpc) is 2.36. The Morgan fingerprint density at radius 1 is 1.56 bits per heavy atom. The van der Waals surface area contributed by atoms with Crippen molar-refractivity contribution in [3.63, 3.8) is 0 Å². The van der Waals surface area contributed by atoms with Crippen LogP contribution in [0.3, 0.4) is 0 Å². The summed E-state index contributed by atoms with van der Waals surface area (Å²) in [4.78, 5) is 12.1. The van der Waals surface area contributed by atoms with Crippen LogP contribution in [0.2, 0.25) is 0 Å². The maximum Gasteiger partial charge on any atom is 0.233 e. The predicted octanol–water partition coefficient (Wildman–Crippen LogP) is 1.80. The third kappa shape index (κ3) is 4.76. The number of hydrogen-bond donors (Lipinski definition) is 3. The van der Waals surface area contributed by atoms with E-state index in [1.54, 1.807) is 6.92 Å². The summed E-state index contributed by atoms with van der Waals surface area (Å²) in [6.45, 7) is 7.61. The van der Waals surface area contributed by atoms with E-state index in [0.29, 0.717) is 6.42 Å². The molecule has 6 heteroatoms. The minimum absolute atomic E-state index is 0.0439. The zero-order valence-corrected chi connectivity index (χ0v) is 12.5. The van der Waals surface area contributed by atoms with Crippen LogP contribution in [0.15, 0.2) is 5.16 Å². The fourth-order valence-electron chi connectivity index (χ4n) is 1.43. The van der Waals surface area contributed by atoms with E-state index >= 15 is 0 Å². The van der Waals surface area contributed by atoms with Crippen LogP contribution in [0.25, 0.3) is 0 Å². The molecule has 0 saturated carbocycles. The fraction of sp³-hybridized carbons (Fsp3) is 0.833. The first-order valence-corrected chi connectivity index (χ1v) is 7.44. The molecule has 0 aliphatic rings. The summed E-state index contributed by atoms with van der Waals surface area (Å²) in [6, 6.07) is 0.0916. The van der Waals surface area contributed by atoms with Crippen LogP contribution in [0, 0.1) is 5.41 Å². The van der Waals surface area contributed by atoms with Gasteiger partial charge in [-0.05, 0) is 38.2 Å². The molecule has 0 rings (SSSR count). The summed E-state index contributed by atoms with van der Waals surface area (Å²) in [5.41, 5.74) is 4.65. The summed E-state index contributed by atoms with van der Waals surface area (Å²) in [5, 5.41) is 14.6. The predicted molar refractivity (Wildman–Crippen MR) is 77.0 cm³/mol. The second kappa shape index (κ2) is 8.24. The minimum atomic E-state index is -0.944. The molecular formula is C12H25N3O2S. The van der Waals surface area contributed by atoms with Gasteiger partial charge in [-0.2, -0.15) is 11.8 Å². The lowest BCUT2D eigenvalue weighted by molar-refractivity contribution is -0.127. The topological polar surface area (TPSA) is 87.7 Å². The Labute approximate surface area is 114 Å². The number of carbonyl (C=O) groups is 1. The molecule has 0 spiro atoms. The van der Waals surface area contributed by atoms with Crippen molar-refractivity contribution in [1.29, 1.82) is 0 Å². The highest BCUT2D eigenvalue weighted by Gasteiger charge is 2.36. The molecule has 2 atom stereocenters. The van der Waals surface area contributed by atoms with Crippen LogP contribution in [0.5, 0.6) is 0 Å². The van der Waals surface area contributed by atoms with Crippen LogP contribution < -0.4 is 11.1 Å². The highest BCUT2D eigenvalue weighted by molar-refractivity contribution is 7.99. The zero-order valence-electron chi connectivity index (χ0n) is 11.7. The van der Waals surface area contributed by atoms with Gasteiger partial charge in [0, 0.05) is 6.04 Å².